The van der Waals surface area contributed by atoms with Crippen LogP contribution in [0.1, 0.15) is 21.7 Å². The molecule has 0 fully saturated rings. The first-order valence-electron chi connectivity index (χ1n) is 4.13. The molecule has 2 rings (SSSR count). The van der Waals surface area contributed by atoms with Crippen molar-refractivity contribution in [3.63, 3.8) is 0 Å². The molecule has 2 aromatic heterocycles. The van der Waals surface area contributed by atoms with E-state index in [9.17, 15) is 4.79 Å². The van der Waals surface area contributed by atoms with Gasteiger partial charge in [0, 0.05) is 6.20 Å². The van der Waals surface area contributed by atoms with Crippen LogP contribution in [0.25, 0.3) is 5.65 Å². The molecule has 13 heavy (non-hydrogen) atoms. The number of hydrogen-bond donors (Lipinski definition) is 0. The molecule has 0 amide bonds. The number of rotatable bonds is 1. The lowest BCUT2D eigenvalue weighted by molar-refractivity contribution is 0.111. The van der Waals surface area contributed by atoms with Crippen molar-refractivity contribution in [3.05, 3.63) is 35.3 Å². The summed E-state index contributed by atoms with van der Waals surface area (Å²) in [7, 11) is 0. The van der Waals surface area contributed by atoms with Gasteiger partial charge in [-0.15, -0.1) is 0 Å². The molecule has 66 valence electrons. The molecule has 0 aliphatic rings. The monoisotopic (exact) mass is 174 g/mol. The second-order valence-electron chi connectivity index (χ2n) is 3.13. The highest BCUT2D eigenvalue weighted by Gasteiger charge is 2.06. The first kappa shape index (κ1) is 7.98. The number of carbonyl (C=O) groups is 1. The van der Waals surface area contributed by atoms with Crippen LogP contribution in [0.15, 0.2) is 18.3 Å². The van der Waals surface area contributed by atoms with Crippen molar-refractivity contribution >= 4 is 11.9 Å². The van der Waals surface area contributed by atoms with Gasteiger partial charge in [-0.3, -0.25) is 9.20 Å². The summed E-state index contributed by atoms with van der Waals surface area (Å²) in [6.45, 7) is 3.84. The molecule has 0 aliphatic carbocycles. The van der Waals surface area contributed by atoms with Crippen LogP contribution in [0.2, 0.25) is 0 Å². The second kappa shape index (κ2) is 2.69. The molecule has 0 N–H and O–H groups in total. The van der Waals surface area contributed by atoms with Gasteiger partial charge in [0.25, 0.3) is 0 Å². The van der Waals surface area contributed by atoms with Gasteiger partial charge in [0.1, 0.15) is 11.3 Å². The molecule has 0 spiro atoms. The van der Waals surface area contributed by atoms with Gasteiger partial charge >= 0.3 is 0 Å². The van der Waals surface area contributed by atoms with Crippen LogP contribution >= 0.6 is 0 Å². The average Bonchev–Trinajstić information content (AvgIpc) is 2.39. The molecule has 3 heteroatoms. The van der Waals surface area contributed by atoms with Crippen LogP contribution in [0.5, 0.6) is 0 Å². The molecular weight excluding hydrogens is 164 g/mol. The Balaban J connectivity index is 2.86. The van der Waals surface area contributed by atoms with Crippen LogP contribution in [0.3, 0.4) is 0 Å². The quantitative estimate of drug-likeness (QED) is 0.617. The minimum Gasteiger partial charge on any atom is -0.297 e. The van der Waals surface area contributed by atoms with Gasteiger partial charge in [-0.05, 0) is 31.5 Å². The highest BCUT2D eigenvalue weighted by molar-refractivity contribution is 5.76. The lowest BCUT2D eigenvalue weighted by Gasteiger charge is -1.95. The molecule has 0 radical (unpaired) electrons. The zero-order chi connectivity index (χ0) is 9.42. The van der Waals surface area contributed by atoms with Gasteiger partial charge < -0.3 is 0 Å². The van der Waals surface area contributed by atoms with E-state index in [4.69, 9.17) is 0 Å². The third-order valence-electron chi connectivity index (χ3n) is 2.11. The lowest BCUT2D eigenvalue weighted by atomic mass is 10.3. The van der Waals surface area contributed by atoms with E-state index in [1.165, 1.54) is 0 Å². The second-order valence-corrected chi connectivity index (χ2v) is 3.13. The Morgan fingerprint density at radius 2 is 2.23 bits per heavy atom. The van der Waals surface area contributed by atoms with E-state index < -0.39 is 0 Å². The molecule has 0 bridgehead atoms. The first-order valence-corrected chi connectivity index (χ1v) is 4.13. The predicted molar refractivity (Wildman–Crippen MR) is 50.1 cm³/mol. The largest absolute Gasteiger partial charge is 0.297 e. The summed E-state index contributed by atoms with van der Waals surface area (Å²) >= 11 is 0. The summed E-state index contributed by atoms with van der Waals surface area (Å²) < 4.78 is 1.80. The Hall–Kier alpha value is -1.64. The van der Waals surface area contributed by atoms with Crippen LogP contribution in [0.4, 0.5) is 0 Å². The van der Waals surface area contributed by atoms with Crippen molar-refractivity contribution in [1.29, 1.82) is 0 Å². The van der Waals surface area contributed by atoms with Crippen LogP contribution in [-0.4, -0.2) is 15.7 Å². The fourth-order valence-electron chi connectivity index (χ4n) is 1.43. The normalized spacial score (nSPS) is 10.6. The zero-order valence-electron chi connectivity index (χ0n) is 7.61. The number of fused-ring (bicyclic) bond motifs is 1. The van der Waals surface area contributed by atoms with E-state index in [2.05, 4.69) is 4.98 Å². The fraction of sp³-hybridized carbons (Fsp3) is 0.200. The molecular formula is C10H10N2O. The zero-order valence-corrected chi connectivity index (χ0v) is 7.61. The van der Waals surface area contributed by atoms with Gasteiger partial charge in [-0.1, -0.05) is 0 Å². The summed E-state index contributed by atoms with van der Waals surface area (Å²) in [5.41, 5.74) is 3.39. The van der Waals surface area contributed by atoms with Crippen molar-refractivity contribution in [2.75, 3.05) is 0 Å². The van der Waals surface area contributed by atoms with Crippen LogP contribution in [0, 0.1) is 13.8 Å². The van der Waals surface area contributed by atoms with Crippen molar-refractivity contribution < 1.29 is 4.79 Å². The Morgan fingerprint density at radius 1 is 1.46 bits per heavy atom. The average molecular weight is 174 g/mol. The maximum Gasteiger partial charge on any atom is 0.168 e. The summed E-state index contributed by atoms with van der Waals surface area (Å²) in [4.78, 5) is 15.0. The van der Waals surface area contributed by atoms with E-state index in [1.807, 2.05) is 32.2 Å². The maximum absolute atomic E-state index is 10.7. The van der Waals surface area contributed by atoms with Gasteiger partial charge in [0.2, 0.25) is 0 Å². The standard InChI is InChI=1S/C10H10N2O/c1-7-3-4-12-9(6-13)8(2)11-10(12)5-7/h3-6H,1-2H3. The van der Waals surface area contributed by atoms with E-state index >= 15 is 0 Å². The molecule has 0 aliphatic heterocycles. The van der Waals surface area contributed by atoms with E-state index in [0.29, 0.717) is 5.69 Å². The molecule has 0 aromatic carbocycles. The number of imidazole rings is 1. The fourth-order valence-corrected chi connectivity index (χ4v) is 1.43. The SMILES string of the molecule is Cc1ccn2c(C=O)c(C)nc2c1. The molecule has 3 nitrogen and oxygen atoms in total. The van der Waals surface area contributed by atoms with Crippen molar-refractivity contribution in [2.45, 2.75) is 13.8 Å². The lowest BCUT2D eigenvalue weighted by Crippen LogP contribution is -1.91. The summed E-state index contributed by atoms with van der Waals surface area (Å²) in [5, 5.41) is 0. The Bertz CT molecular complexity index is 471. The van der Waals surface area contributed by atoms with E-state index in [1.54, 1.807) is 4.40 Å². The summed E-state index contributed by atoms with van der Waals surface area (Å²) in [5.74, 6) is 0. The van der Waals surface area contributed by atoms with Gasteiger partial charge in [-0.2, -0.15) is 0 Å². The topological polar surface area (TPSA) is 34.4 Å². The summed E-state index contributed by atoms with van der Waals surface area (Å²) in [6.07, 6.45) is 2.71. The third kappa shape index (κ3) is 1.13. The minimum absolute atomic E-state index is 0.634. The van der Waals surface area contributed by atoms with E-state index in [0.717, 1.165) is 23.2 Å². The Morgan fingerprint density at radius 3 is 2.92 bits per heavy atom. The number of carbonyl (C=O) groups excluding carboxylic acids is 1. The third-order valence-corrected chi connectivity index (χ3v) is 2.11. The van der Waals surface area contributed by atoms with Crippen molar-refractivity contribution in [1.82, 2.24) is 9.38 Å². The van der Waals surface area contributed by atoms with Gasteiger partial charge in [-0.25, -0.2) is 4.98 Å². The number of nitrogens with zero attached hydrogens (tertiary/aromatic N) is 2. The van der Waals surface area contributed by atoms with Crippen molar-refractivity contribution in [2.24, 2.45) is 0 Å². The van der Waals surface area contributed by atoms with Crippen LogP contribution < -0.4 is 0 Å². The number of pyridine rings is 1. The van der Waals surface area contributed by atoms with Crippen molar-refractivity contribution in [3.8, 4) is 0 Å². The molecule has 2 heterocycles. The Kier molecular flexibility index (Phi) is 1.65. The van der Waals surface area contributed by atoms with E-state index in [-0.39, 0.29) is 0 Å². The van der Waals surface area contributed by atoms with Gasteiger partial charge in [0.05, 0.1) is 5.69 Å². The number of hydrogen-bond acceptors (Lipinski definition) is 2. The maximum atomic E-state index is 10.7. The number of aryl methyl sites for hydroxylation is 2. The first-order chi connectivity index (χ1) is 6.22. The molecule has 2 aromatic rings. The highest BCUT2D eigenvalue weighted by Crippen LogP contribution is 2.11. The molecule has 0 saturated heterocycles. The predicted octanol–water partition coefficient (Wildman–Crippen LogP) is 1.76. The van der Waals surface area contributed by atoms with Gasteiger partial charge in [0.15, 0.2) is 6.29 Å². The minimum atomic E-state index is 0.634. The highest BCUT2D eigenvalue weighted by atomic mass is 16.1. The molecule has 0 saturated carbocycles. The Labute approximate surface area is 76.0 Å². The summed E-state index contributed by atoms with van der Waals surface area (Å²) in [6, 6.07) is 3.92. The number of aromatic nitrogens is 2. The van der Waals surface area contributed by atoms with Crippen LogP contribution in [-0.2, 0) is 0 Å². The number of aldehydes is 1. The molecule has 0 atom stereocenters. The smallest absolute Gasteiger partial charge is 0.168 e. The molecule has 0 unspecified atom stereocenters.